The second-order valence-corrected chi connectivity index (χ2v) is 5.39. The smallest absolute Gasteiger partial charge is 0.234 e. The SMILES string of the molecule is c1ccc2c(c1)CNC(c1nn3cnnc3s1)C2. The molecule has 5 nitrogen and oxygen atoms in total. The number of benzene rings is 1. The minimum atomic E-state index is 0.284. The molecule has 0 saturated heterocycles. The molecule has 1 aliphatic rings. The van der Waals surface area contributed by atoms with Crippen LogP contribution >= 0.6 is 11.3 Å². The summed E-state index contributed by atoms with van der Waals surface area (Å²) in [6.07, 6.45) is 2.63. The predicted octanol–water partition coefficient (Wildman–Crippen LogP) is 1.57. The van der Waals surface area contributed by atoms with E-state index in [2.05, 4.69) is 44.9 Å². The summed E-state index contributed by atoms with van der Waals surface area (Å²) >= 11 is 1.60. The summed E-state index contributed by atoms with van der Waals surface area (Å²) in [7, 11) is 0. The normalized spacial score (nSPS) is 19.0. The molecule has 90 valence electrons. The van der Waals surface area contributed by atoms with E-state index in [1.165, 1.54) is 11.1 Å². The molecule has 0 fully saturated rings. The van der Waals surface area contributed by atoms with Crippen LogP contribution in [0.3, 0.4) is 0 Å². The first-order valence-electron chi connectivity index (χ1n) is 5.87. The molecule has 1 aromatic carbocycles. The van der Waals surface area contributed by atoms with Crippen LogP contribution in [0.25, 0.3) is 4.96 Å². The van der Waals surface area contributed by atoms with Gasteiger partial charge in [-0.25, -0.2) is 0 Å². The Hall–Kier alpha value is -1.79. The number of fused-ring (bicyclic) bond motifs is 2. The van der Waals surface area contributed by atoms with E-state index in [4.69, 9.17) is 0 Å². The zero-order chi connectivity index (χ0) is 11.9. The van der Waals surface area contributed by atoms with Crippen LogP contribution in [-0.4, -0.2) is 19.8 Å². The maximum atomic E-state index is 4.52. The van der Waals surface area contributed by atoms with Gasteiger partial charge in [0.15, 0.2) is 0 Å². The topological polar surface area (TPSA) is 55.1 Å². The van der Waals surface area contributed by atoms with Crippen molar-refractivity contribution in [1.29, 1.82) is 0 Å². The molecule has 18 heavy (non-hydrogen) atoms. The van der Waals surface area contributed by atoms with Crippen molar-refractivity contribution in [2.45, 2.75) is 19.0 Å². The first-order valence-corrected chi connectivity index (χ1v) is 6.69. The van der Waals surface area contributed by atoms with Crippen LogP contribution in [0.4, 0.5) is 0 Å². The number of nitrogens with zero attached hydrogens (tertiary/aromatic N) is 4. The molecule has 1 unspecified atom stereocenters. The third-order valence-electron chi connectivity index (χ3n) is 3.28. The van der Waals surface area contributed by atoms with E-state index < -0.39 is 0 Å². The van der Waals surface area contributed by atoms with Gasteiger partial charge < -0.3 is 5.32 Å². The summed E-state index contributed by atoms with van der Waals surface area (Å²) in [6, 6.07) is 8.84. The van der Waals surface area contributed by atoms with Crippen LogP contribution < -0.4 is 5.32 Å². The summed E-state index contributed by atoms with van der Waals surface area (Å²) in [5, 5.41) is 17.0. The zero-order valence-corrected chi connectivity index (χ0v) is 10.4. The lowest BCUT2D eigenvalue weighted by molar-refractivity contribution is 0.492. The largest absolute Gasteiger partial charge is 0.303 e. The van der Waals surface area contributed by atoms with Gasteiger partial charge in [-0.1, -0.05) is 35.6 Å². The highest BCUT2D eigenvalue weighted by Gasteiger charge is 2.22. The van der Waals surface area contributed by atoms with Crippen molar-refractivity contribution in [1.82, 2.24) is 25.1 Å². The van der Waals surface area contributed by atoms with Gasteiger partial charge in [-0.05, 0) is 17.5 Å². The number of rotatable bonds is 1. The highest BCUT2D eigenvalue weighted by Crippen LogP contribution is 2.28. The molecule has 2 aromatic heterocycles. The number of hydrogen-bond acceptors (Lipinski definition) is 5. The average Bonchev–Trinajstić information content (AvgIpc) is 2.99. The van der Waals surface area contributed by atoms with Gasteiger partial charge in [0.1, 0.15) is 11.3 Å². The van der Waals surface area contributed by atoms with Crippen LogP contribution in [0.2, 0.25) is 0 Å². The second-order valence-electron chi connectivity index (χ2n) is 4.40. The molecular weight excluding hydrogens is 246 g/mol. The summed E-state index contributed by atoms with van der Waals surface area (Å²) in [5.74, 6) is 0. The molecule has 0 amide bonds. The summed E-state index contributed by atoms with van der Waals surface area (Å²) < 4.78 is 1.74. The van der Waals surface area contributed by atoms with Gasteiger partial charge in [0.05, 0.1) is 6.04 Å². The first-order chi connectivity index (χ1) is 8.90. The molecule has 0 spiro atoms. The van der Waals surface area contributed by atoms with E-state index in [0.29, 0.717) is 0 Å². The highest BCUT2D eigenvalue weighted by atomic mass is 32.1. The number of hydrogen-bond donors (Lipinski definition) is 1. The molecule has 0 radical (unpaired) electrons. The minimum absolute atomic E-state index is 0.284. The molecule has 0 aliphatic carbocycles. The Morgan fingerprint density at radius 3 is 3.06 bits per heavy atom. The van der Waals surface area contributed by atoms with Crippen molar-refractivity contribution >= 4 is 16.3 Å². The Kier molecular flexibility index (Phi) is 2.18. The maximum absolute atomic E-state index is 4.52. The van der Waals surface area contributed by atoms with Crippen molar-refractivity contribution in [2.75, 3.05) is 0 Å². The van der Waals surface area contributed by atoms with E-state index in [9.17, 15) is 0 Å². The third-order valence-corrected chi connectivity index (χ3v) is 4.31. The average molecular weight is 257 g/mol. The predicted molar refractivity (Wildman–Crippen MR) is 68.4 cm³/mol. The monoisotopic (exact) mass is 257 g/mol. The Labute approximate surface area is 107 Å². The van der Waals surface area contributed by atoms with Crippen LogP contribution in [0.15, 0.2) is 30.6 Å². The van der Waals surface area contributed by atoms with Crippen molar-refractivity contribution in [2.24, 2.45) is 0 Å². The molecule has 1 atom stereocenters. The Morgan fingerprint density at radius 2 is 2.17 bits per heavy atom. The Balaban J connectivity index is 1.69. The summed E-state index contributed by atoms with van der Waals surface area (Å²) in [5.41, 5.74) is 2.80. The third kappa shape index (κ3) is 1.53. The summed E-state index contributed by atoms with van der Waals surface area (Å²) in [6.45, 7) is 0.904. The molecule has 0 saturated carbocycles. The molecule has 1 aliphatic heterocycles. The second kappa shape index (κ2) is 3.86. The van der Waals surface area contributed by atoms with Gasteiger partial charge >= 0.3 is 0 Å². The van der Waals surface area contributed by atoms with Crippen molar-refractivity contribution in [3.05, 3.63) is 46.7 Å². The van der Waals surface area contributed by atoms with Gasteiger partial charge in [0, 0.05) is 6.54 Å². The van der Waals surface area contributed by atoms with Crippen LogP contribution in [0.1, 0.15) is 22.2 Å². The maximum Gasteiger partial charge on any atom is 0.234 e. The molecule has 0 bridgehead atoms. The molecule has 6 heteroatoms. The van der Waals surface area contributed by atoms with Crippen LogP contribution in [0, 0.1) is 0 Å². The quantitative estimate of drug-likeness (QED) is 0.719. The number of nitrogens with one attached hydrogen (secondary N) is 1. The molecule has 1 N–H and O–H groups in total. The van der Waals surface area contributed by atoms with Gasteiger partial charge in [-0.15, -0.1) is 10.2 Å². The fourth-order valence-electron chi connectivity index (χ4n) is 2.34. The van der Waals surface area contributed by atoms with E-state index >= 15 is 0 Å². The van der Waals surface area contributed by atoms with E-state index in [0.717, 1.165) is 22.9 Å². The Bertz CT molecular complexity index is 673. The lowest BCUT2D eigenvalue weighted by Gasteiger charge is -2.24. The van der Waals surface area contributed by atoms with Crippen molar-refractivity contribution < 1.29 is 0 Å². The van der Waals surface area contributed by atoms with Gasteiger partial charge in [0.25, 0.3) is 0 Å². The molecular formula is C12H11N5S. The van der Waals surface area contributed by atoms with E-state index in [-0.39, 0.29) is 6.04 Å². The first kappa shape index (κ1) is 10.2. The Morgan fingerprint density at radius 1 is 1.28 bits per heavy atom. The zero-order valence-electron chi connectivity index (χ0n) is 9.58. The van der Waals surface area contributed by atoms with E-state index in [1.54, 1.807) is 22.2 Å². The van der Waals surface area contributed by atoms with Crippen LogP contribution in [0.5, 0.6) is 0 Å². The fourth-order valence-corrected chi connectivity index (χ4v) is 3.24. The van der Waals surface area contributed by atoms with Crippen molar-refractivity contribution in [3.63, 3.8) is 0 Å². The van der Waals surface area contributed by atoms with Crippen LogP contribution in [-0.2, 0) is 13.0 Å². The van der Waals surface area contributed by atoms with Gasteiger partial charge in [-0.3, -0.25) is 0 Å². The van der Waals surface area contributed by atoms with Gasteiger partial charge in [-0.2, -0.15) is 9.61 Å². The molecule has 3 heterocycles. The van der Waals surface area contributed by atoms with Gasteiger partial charge in [0.2, 0.25) is 4.96 Å². The minimum Gasteiger partial charge on any atom is -0.303 e. The highest BCUT2D eigenvalue weighted by molar-refractivity contribution is 7.16. The van der Waals surface area contributed by atoms with E-state index in [1.807, 2.05) is 0 Å². The standard InChI is InChI=1S/C12H11N5S/c1-2-4-9-6-13-10(5-8(9)3-1)11-16-17-7-14-15-12(17)18-11/h1-4,7,10,13H,5-6H2. The number of aromatic nitrogens is 4. The molecule has 3 aromatic rings. The molecule has 4 rings (SSSR count). The lowest BCUT2D eigenvalue weighted by Crippen LogP contribution is -2.28. The fraction of sp³-hybridized carbons (Fsp3) is 0.250. The summed E-state index contributed by atoms with van der Waals surface area (Å²) in [4.78, 5) is 0.852. The lowest BCUT2D eigenvalue weighted by atomic mass is 9.96. The van der Waals surface area contributed by atoms with Crippen molar-refractivity contribution in [3.8, 4) is 0 Å².